The molecule has 2 aliphatic heterocycles. The molecule has 0 unspecified atom stereocenters. The number of methoxy groups -OCH3 is 1. The minimum absolute atomic E-state index is 0.0460. The third kappa shape index (κ3) is 4.89. The first-order valence-electron chi connectivity index (χ1n) is 12.0. The van der Waals surface area contributed by atoms with Crippen molar-refractivity contribution in [2.24, 2.45) is 0 Å². The molecule has 5 rings (SSSR count). The highest BCUT2D eigenvalue weighted by atomic mass is 32.1. The monoisotopic (exact) mass is 490 g/mol. The van der Waals surface area contributed by atoms with Gasteiger partial charge < -0.3 is 20.3 Å². The second kappa shape index (κ2) is 10.1. The molecule has 1 aromatic carbocycles. The van der Waals surface area contributed by atoms with Crippen LogP contribution in [0.3, 0.4) is 0 Å². The first-order chi connectivity index (χ1) is 17.0. The van der Waals surface area contributed by atoms with Gasteiger partial charge in [0.15, 0.2) is 0 Å². The zero-order valence-corrected chi connectivity index (χ0v) is 20.8. The lowest BCUT2D eigenvalue weighted by molar-refractivity contribution is 0.0923. The van der Waals surface area contributed by atoms with Crippen LogP contribution in [0.5, 0.6) is 5.75 Å². The van der Waals surface area contributed by atoms with Crippen molar-refractivity contribution in [2.45, 2.75) is 57.3 Å². The largest absolute Gasteiger partial charge is 0.496 e. The smallest absolute Gasteiger partial charge is 0.253 e. The Bertz CT molecular complexity index is 1180. The molecule has 2 aliphatic rings. The van der Waals surface area contributed by atoms with E-state index in [1.54, 1.807) is 24.6 Å². The molecule has 2 bridgehead atoms. The summed E-state index contributed by atoms with van der Waals surface area (Å²) in [5, 5.41) is 8.21. The van der Waals surface area contributed by atoms with Crippen LogP contribution in [0.4, 0.5) is 5.82 Å². The Morgan fingerprint density at radius 2 is 1.89 bits per heavy atom. The van der Waals surface area contributed by atoms with Gasteiger partial charge in [0.1, 0.15) is 11.6 Å². The number of aromatic nitrogens is 1. The van der Waals surface area contributed by atoms with Crippen molar-refractivity contribution in [2.75, 3.05) is 12.0 Å². The fourth-order valence-corrected chi connectivity index (χ4v) is 6.01. The lowest BCUT2D eigenvalue weighted by atomic mass is 9.96. The number of anilines is 1. The number of carbonyl (C=O) groups excluding carboxylic acids is 2. The Labute approximate surface area is 209 Å². The predicted molar refractivity (Wildman–Crippen MR) is 137 cm³/mol. The Morgan fingerprint density at radius 3 is 2.54 bits per heavy atom. The number of carbonyl (C=O) groups is 2. The second-order valence-corrected chi connectivity index (χ2v) is 10.3. The quantitative estimate of drug-likeness (QED) is 0.515. The van der Waals surface area contributed by atoms with Gasteiger partial charge in [-0.3, -0.25) is 9.59 Å². The van der Waals surface area contributed by atoms with Crippen LogP contribution in [0.15, 0.2) is 54.0 Å². The highest BCUT2D eigenvalue weighted by molar-refractivity contribution is 7.09. The van der Waals surface area contributed by atoms with E-state index in [2.05, 4.69) is 20.5 Å². The van der Waals surface area contributed by atoms with Gasteiger partial charge in [0.25, 0.3) is 11.8 Å². The molecule has 3 aromatic rings. The average Bonchev–Trinajstić information content (AvgIpc) is 3.48. The van der Waals surface area contributed by atoms with Gasteiger partial charge in [-0.2, -0.15) is 0 Å². The van der Waals surface area contributed by atoms with Crippen molar-refractivity contribution in [3.05, 3.63) is 75.6 Å². The number of ether oxygens (including phenoxy) is 1. The molecular formula is C27H30N4O3S. The molecule has 0 saturated carbocycles. The number of benzene rings is 1. The predicted octanol–water partition coefficient (Wildman–Crippen LogP) is 4.32. The third-order valence-corrected chi connectivity index (χ3v) is 7.97. The highest BCUT2D eigenvalue weighted by Crippen LogP contribution is 2.38. The van der Waals surface area contributed by atoms with E-state index in [9.17, 15) is 9.59 Å². The normalized spacial score (nSPS) is 21.0. The number of piperidine rings is 1. The van der Waals surface area contributed by atoms with Gasteiger partial charge in [-0.15, -0.1) is 11.3 Å². The van der Waals surface area contributed by atoms with E-state index in [-0.39, 0.29) is 17.9 Å². The molecule has 2 amide bonds. The van der Waals surface area contributed by atoms with Crippen LogP contribution in [0, 0.1) is 6.92 Å². The molecule has 3 atom stereocenters. The summed E-state index contributed by atoms with van der Waals surface area (Å²) in [7, 11) is 1.62. The molecule has 0 spiro atoms. The first kappa shape index (κ1) is 23.4. The number of nitrogens with one attached hydrogen (secondary N) is 2. The molecule has 8 heteroatoms. The number of nitrogens with zero attached hydrogens (tertiary/aromatic N) is 2. The Hall–Kier alpha value is -3.39. The van der Waals surface area contributed by atoms with Crippen LogP contribution in [0.2, 0.25) is 0 Å². The summed E-state index contributed by atoms with van der Waals surface area (Å²) in [6.07, 6.45) is 5.60. The maximum atomic E-state index is 13.0. The van der Waals surface area contributed by atoms with Crippen molar-refractivity contribution in [1.29, 1.82) is 0 Å². The molecule has 2 N–H and O–H groups in total. The van der Waals surface area contributed by atoms with Crippen LogP contribution >= 0.6 is 11.3 Å². The lowest BCUT2D eigenvalue weighted by Crippen LogP contribution is -2.50. The van der Waals surface area contributed by atoms with E-state index >= 15 is 0 Å². The SMILES string of the molecule is COc1cccc(C(=O)N[C@H]2C[C@H]3CC[C@@H](C2)N3c2ccc(C(=O)NCc3cccs3)cn2)c1C. The van der Waals surface area contributed by atoms with Crippen molar-refractivity contribution < 1.29 is 14.3 Å². The molecule has 182 valence electrons. The second-order valence-electron chi connectivity index (χ2n) is 9.23. The van der Waals surface area contributed by atoms with Crippen LogP contribution in [-0.2, 0) is 6.54 Å². The zero-order chi connectivity index (χ0) is 24.4. The molecule has 35 heavy (non-hydrogen) atoms. The fraction of sp³-hybridized carbons (Fsp3) is 0.370. The van der Waals surface area contributed by atoms with Gasteiger partial charge in [-0.05, 0) is 68.3 Å². The molecular weight excluding hydrogens is 460 g/mol. The van der Waals surface area contributed by atoms with E-state index in [0.29, 0.717) is 29.8 Å². The fourth-order valence-electron chi connectivity index (χ4n) is 5.37. The number of rotatable bonds is 7. The minimum Gasteiger partial charge on any atom is -0.496 e. The maximum Gasteiger partial charge on any atom is 0.253 e. The zero-order valence-electron chi connectivity index (χ0n) is 20.0. The topological polar surface area (TPSA) is 83.6 Å². The van der Waals surface area contributed by atoms with Gasteiger partial charge in [0.05, 0.1) is 19.2 Å². The lowest BCUT2D eigenvalue weighted by Gasteiger charge is -2.40. The summed E-state index contributed by atoms with van der Waals surface area (Å²) in [5.74, 6) is 1.47. The summed E-state index contributed by atoms with van der Waals surface area (Å²) >= 11 is 1.62. The van der Waals surface area contributed by atoms with Gasteiger partial charge >= 0.3 is 0 Å². The van der Waals surface area contributed by atoms with Crippen LogP contribution in [-0.4, -0.2) is 42.0 Å². The summed E-state index contributed by atoms with van der Waals surface area (Å²) in [6, 6.07) is 14.1. The van der Waals surface area contributed by atoms with Crippen molar-refractivity contribution in [3.63, 3.8) is 0 Å². The van der Waals surface area contributed by atoms with E-state index in [1.807, 2.05) is 54.8 Å². The number of thiophene rings is 1. The van der Waals surface area contributed by atoms with Gasteiger partial charge in [-0.25, -0.2) is 4.98 Å². The molecule has 7 nitrogen and oxygen atoms in total. The molecule has 2 aromatic heterocycles. The van der Waals surface area contributed by atoms with Crippen LogP contribution in [0.25, 0.3) is 0 Å². The van der Waals surface area contributed by atoms with E-state index < -0.39 is 0 Å². The van der Waals surface area contributed by atoms with Crippen molar-refractivity contribution in [3.8, 4) is 5.75 Å². The van der Waals surface area contributed by atoms with Gasteiger partial charge in [-0.1, -0.05) is 12.1 Å². The number of hydrogen-bond donors (Lipinski definition) is 2. The average molecular weight is 491 g/mol. The van der Waals surface area contributed by atoms with E-state index in [0.717, 1.165) is 47.7 Å². The first-order valence-corrected chi connectivity index (χ1v) is 12.9. The minimum atomic E-state index is -0.116. The Morgan fingerprint density at radius 1 is 1.09 bits per heavy atom. The molecule has 2 saturated heterocycles. The van der Waals surface area contributed by atoms with Crippen molar-refractivity contribution in [1.82, 2.24) is 15.6 Å². The maximum absolute atomic E-state index is 13.0. The summed E-state index contributed by atoms with van der Waals surface area (Å²) in [5.41, 5.74) is 2.08. The summed E-state index contributed by atoms with van der Waals surface area (Å²) in [4.78, 5) is 33.6. The van der Waals surface area contributed by atoms with Crippen LogP contribution < -0.4 is 20.3 Å². The summed E-state index contributed by atoms with van der Waals surface area (Å²) in [6.45, 7) is 2.44. The molecule has 2 fully saturated rings. The Kier molecular flexibility index (Phi) is 6.72. The summed E-state index contributed by atoms with van der Waals surface area (Å²) < 4.78 is 5.37. The Balaban J connectivity index is 1.20. The van der Waals surface area contributed by atoms with E-state index in [1.165, 1.54) is 0 Å². The van der Waals surface area contributed by atoms with Crippen molar-refractivity contribution >= 4 is 29.0 Å². The number of hydrogen-bond acceptors (Lipinski definition) is 6. The van der Waals surface area contributed by atoms with Gasteiger partial charge in [0, 0.05) is 40.3 Å². The number of amides is 2. The van der Waals surface area contributed by atoms with Crippen LogP contribution in [0.1, 0.15) is 56.8 Å². The molecule has 0 radical (unpaired) electrons. The number of pyridine rings is 1. The molecule has 4 heterocycles. The van der Waals surface area contributed by atoms with Gasteiger partial charge in [0.2, 0.25) is 0 Å². The standard InChI is InChI=1S/C27H30N4O3S/c1-17-23(6-3-7-24(17)34-2)27(33)30-19-13-20-9-10-21(14-19)31(20)25-11-8-18(15-28-25)26(32)29-16-22-5-4-12-35-22/h3-8,11-12,15,19-21H,9-10,13-14,16H2,1-2H3,(H,29,32)(H,30,33)/t19-,20+,21-. The number of fused-ring (bicyclic) bond motifs is 2. The molecule has 0 aliphatic carbocycles. The third-order valence-electron chi connectivity index (χ3n) is 7.09. The van der Waals surface area contributed by atoms with E-state index in [4.69, 9.17) is 4.74 Å². The highest BCUT2D eigenvalue weighted by Gasteiger charge is 2.41.